The zero-order chi connectivity index (χ0) is 11.7. The van der Waals surface area contributed by atoms with Crippen LogP contribution in [0.3, 0.4) is 0 Å². The molecule has 0 amide bonds. The molecule has 0 saturated heterocycles. The summed E-state index contributed by atoms with van der Waals surface area (Å²) in [5, 5.41) is 0. The van der Waals surface area contributed by atoms with E-state index in [1.165, 1.54) is 22.3 Å². The van der Waals surface area contributed by atoms with E-state index in [0.29, 0.717) is 0 Å². The average Bonchev–Trinajstić information content (AvgIpc) is 2.40. The third-order valence-corrected chi connectivity index (χ3v) is 3.34. The molecule has 2 aromatic carbocycles. The zero-order valence-corrected chi connectivity index (χ0v) is 9.98. The van der Waals surface area contributed by atoms with Crippen molar-refractivity contribution < 1.29 is 0 Å². The fourth-order valence-corrected chi connectivity index (χ4v) is 2.46. The SMILES string of the molecule is Cc1cccc2c1CCN=C2c1ccccc1. The lowest BCUT2D eigenvalue weighted by atomic mass is 9.90. The van der Waals surface area contributed by atoms with Crippen LogP contribution in [0.2, 0.25) is 0 Å². The molecular weight excluding hydrogens is 206 g/mol. The van der Waals surface area contributed by atoms with Gasteiger partial charge in [0.15, 0.2) is 0 Å². The molecule has 2 aromatic rings. The minimum Gasteiger partial charge on any atom is -0.284 e. The summed E-state index contributed by atoms with van der Waals surface area (Å²) < 4.78 is 0. The van der Waals surface area contributed by atoms with Crippen molar-refractivity contribution in [2.45, 2.75) is 13.3 Å². The largest absolute Gasteiger partial charge is 0.284 e. The predicted molar refractivity (Wildman–Crippen MR) is 71.8 cm³/mol. The first-order chi connectivity index (χ1) is 8.36. The van der Waals surface area contributed by atoms with Crippen molar-refractivity contribution >= 4 is 5.71 Å². The van der Waals surface area contributed by atoms with E-state index in [0.717, 1.165) is 18.7 Å². The van der Waals surface area contributed by atoms with Crippen molar-refractivity contribution in [3.05, 3.63) is 70.8 Å². The Hall–Kier alpha value is -1.89. The summed E-state index contributed by atoms with van der Waals surface area (Å²) in [4.78, 5) is 4.70. The maximum absolute atomic E-state index is 4.70. The number of hydrogen-bond acceptors (Lipinski definition) is 1. The minimum absolute atomic E-state index is 0.905. The molecule has 0 spiro atoms. The molecular formula is C16H15N. The lowest BCUT2D eigenvalue weighted by molar-refractivity contribution is 0.933. The first-order valence-corrected chi connectivity index (χ1v) is 6.05. The molecule has 3 rings (SSSR count). The zero-order valence-electron chi connectivity index (χ0n) is 9.98. The Morgan fingerprint density at radius 2 is 1.76 bits per heavy atom. The number of hydrogen-bond donors (Lipinski definition) is 0. The maximum Gasteiger partial charge on any atom is 0.0721 e. The molecule has 0 radical (unpaired) electrons. The number of rotatable bonds is 1. The molecule has 84 valence electrons. The number of aliphatic imine (C=N–C) groups is 1. The highest BCUT2D eigenvalue weighted by Crippen LogP contribution is 2.23. The molecule has 1 aliphatic heterocycles. The molecule has 0 aliphatic carbocycles. The van der Waals surface area contributed by atoms with Crippen molar-refractivity contribution in [3.63, 3.8) is 0 Å². The van der Waals surface area contributed by atoms with Crippen LogP contribution in [0, 0.1) is 6.92 Å². The summed E-state index contributed by atoms with van der Waals surface area (Å²) in [5.74, 6) is 0. The Morgan fingerprint density at radius 1 is 0.941 bits per heavy atom. The van der Waals surface area contributed by atoms with Gasteiger partial charge in [-0.2, -0.15) is 0 Å². The Morgan fingerprint density at radius 3 is 2.59 bits per heavy atom. The van der Waals surface area contributed by atoms with Gasteiger partial charge >= 0.3 is 0 Å². The van der Waals surface area contributed by atoms with Gasteiger partial charge < -0.3 is 0 Å². The quantitative estimate of drug-likeness (QED) is 0.700. The standard InChI is InChI=1S/C16H15N/c1-12-6-5-9-15-14(12)10-11-17-16(15)13-7-3-2-4-8-13/h2-9H,10-11H2,1H3. The van der Waals surface area contributed by atoms with Crippen LogP contribution < -0.4 is 0 Å². The lowest BCUT2D eigenvalue weighted by Gasteiger charge is -2.19. The van der Waals surface area contributed by atoms with Gasteiger partial charge in [-0.25, -0.2) is 0 Å². The highest BCUT2D eigenvalue weighted by molar-refractivity contribution is 6.14. The van der Waals surface area contributed by atoms with E-state index in [2.05, 4.69) is 49.4 Å². The fraction of sp³-hybridized carbons (Fsp3) is 0.188. The first kappa shape index (κ1) is 10.3. The van der Waals surface area contributed by atoms with Gasteiger partial charge in [0.2, 0.25) is 0 Å². The Balaban J connectivity index is 2.16. The highest BCUT2D eigenvalue weighted by Gasteiger charge is 2.16. The molecule has 0 aromatic heterocycles. The van der Waals surface area contributed by atoms with Gasteiger partial charge in [0.1, 0.15) is 0 Å². The van der Waals surface area contributed by atoms with Gasteiger partial charge in [0.25, 0.3) is 0 Å². The lowest BCUT2D eigenvalue weighted by Crippen LogP contribution is -2.15. The normalized spacial score (nSPS) is 14.1. The maximum atomic E-state index is 4.70. The Labute approximate surface area is 102 Å². The van der Waals surface area contributed by atoms with Gasteiger partial charge in [-0.05, 0) is 24.5 Å². The summed E-state index contributed by atoms with van der Waals surface area (Å²) in [5.41, 5.74) is 6.52. The molecule has 1 nitrogen and oxygen atoms in total. The number of aryl methyl sites for hydroxylation is 1. The van der Waals surface area contributed by atoms with Gasteiger partial charge in [-0.15, -0.1) is 0 Å². The third-order valence-electron chi connectivity index (χ3n) is 3.34. The smallest absolute Gasteiger partial charge is 0.0721 e. The Kier molecular flexibility index (Phi) is 2.52. The molecule has 1 heteroatoms. The second kappa shape index (κ2) is 4.17. The molecule has 0 unspecified atom stereocenters. The number of nitrogens with zero attached hydrogens (tertiary/aromatic N) is 1. The van der Waals surface area contributed by atoms with Crippen LogP contribution in [0.4, 0.5) is 0 Å². The first-order valence-electron chi connectivity index (χ1n) is 6.05. The monoisotopic (exact) mass is 221 g/mol. The number of fused-ring (bicyclic) bond motifs is 1. The highest BCUT2D eigenvalue weighted by atomic mass is 14.7. The third kappa shape index (κ3) is 1.78. The van der Waals surface area contributed by atoms with Gasteiger partial charge in [-0.1, -0.05) is 48.5 Å². The van der Waals surface area contributed by atoms with E-state index in [9.17, 15) is 0 Å². The summed E-state index contributed by atoms with van der Waals surface area (Å²) in [6.07, 6.45) is 1.07. The van der Waals surface area contributed by atoms with Crippen molar-refractivity contribution in [2.75, 3.05) is 6.54 Å². The van der Waals surface area contributed by atoms with Crippen LogP contribution in [0.5, 0.6) is 0 Å². The summed E-state index contributed by atoms with van der Waals surface area (Å²) in [7, 11) is 0. The van der Waals surface area contributed by atoms with E-state index < -0.39 is 0 Å². The fourth-order valence-electron chi connectivity index (χ4n) is 2.46. The molecule has 0 fully saturated rings. The minimum atomic E-state index is 0.905. The molecule has 1 heterocycles. The van der Waals surface area contributed by atoms with Crippen LogP contribution in [-0.4, -0.2) is 12.3 Å². The number of benzene rings is 2. The Bertz CT molecular complexity index is 567. The second-order valence-corrected chi connectivity index (χ2v) is 4.45. The summed E-state index contributed by atoms with van der Waals surface area (Å²) >= 11 is 0. The van der Waals surface area contributed by atoms with Gasteiger partial charge in [0.05, 0.1) is 5.71 Å². The second-order valence-electron chi connectivity index (χ2n) is 4.45. The molecule has 0 bridgehead atoms. The van der Waals surface area contributed by atoms with E-state index in [4.69, 9.17) is 4.99 Å². The van der Waals surface area contributed by atoms with E-state index >= 15 is 0 Å². The molecule has 17 heavy (non-hydrogen) atoms. The van der Waals surface area contributed by atoms with Gasteiger partial charge in [0, 0.05) is 17.7 Å². The molecule has 0 atom stereocenters. The topological polar surface area (TPSA) is 12.4 Å². The molecule has 0 saturated carbocycles. The van der Waals surface area contributed by atoms with Gasteiger partial charge in [-0.3, -0.25) is 4.99 Å². The molecule has 0 N–H and O–H groups in total. The van der Waals surface area contributed by atoms with Crippen molar-refractivity contribution in [3.8, 4) is 0 Å². The van der Waals surface area contributed by atoms with E-state index in [1.807, 2.05) is 6.07 Å². The van der Waals surface area contributed by atoms with Crippen LogP contribution >= 0.6 is 0 Å². The average molecular weight is 221 g/mol. The van der Waals surface area contributed by atoms with Crippen molar-refractivity contribution in [1.82, 2.24) is 0 Å². The van der Waals surface area contributed by atoms with E-state index in [-0.39, 0.29) is 0 Å². The van der Waals surface area contributed by atoms with Crippen LogP contribution in [0.1, 0.15) is 22.3 Å². The van der Waals surface area contributed by atoms with Crippen molar-refractivity contribution in [2.24, 2.45) is 4.99 Å². The van der Waals surface area contributed by atoms with Crippen LogP contribution in [0.25, 0.3) is 0 Å². The van der Waals surface area contributed by atoms with Crippen LogP contribution in [0.15, 0.2) is 53.5 Å². The van der Waals surface area contributed by atoms with Crippen molar-refractivity contribution in [1.29, 1.82) is 0 Å². The van der Waals surface area contributed by atoms with Crippen LogP contribution in [-0.2, 0) is 6.42 Å². The summed E-state index contributed by atoms with van der Waals surface area (Å²) in [6.45, 7) is 3.09. The molecule has 1 aliphatic rings. The predicted octanol–water partition coefficient (Wildman–Crippen LogP) is 3.39. The van der Waals surface area contributed by atoms with E-state index in [1.54, 1.807) is 0 Å². The summed E-state index contributed by atoms with van der Waals surface area (Å²) in [6, 6.07) is 17.0.